The number of hydrogen-bond acceptors (Lipinski definition) is 4. The first-order chi connectivity index (χ1) is 11.7. The predicted molar refractivity (Wildman–Crippen MR) is 86.2 cm³/mol. The SMILES string of the molecule is COc1cc2c(cc1CNC(=O)c1ccc(F)cc1)OCCCO2. The molecule has 1 heterocycles. The highest BCUT2D eigenvalue weighted by molar-refractivity contribution is 5.94. The smallest absolute Gasteiger partial charge is 0.251 e. The molecule has 2 aromatic carbocycles. The Kier molecular flexibility index (Phi) is 4.84. The zero-order chi connectivity index (χ0) is 16.9. The van der Waals surface area contributed by atoms with Gasteiger partial charge in [-0.3, -0.25) is 4.79 Å². The summed E-state index contributed by atoms with van der Waals surface area (Å²) in [5.41, 5.74) is 1.17. The number of amides is 1. The van der Waals surface area contributed by atoms with Gasteiger partial charge in [0, 0.05) is 30.2 Å². The molecule has 0 unspecified atom stereocenters. The van der Waals surface area contributed by atoms with E-state index < -0.39 is 0 Å². The highest BCUT2D eigenvalue weighted by Gasteiger charge is 2.16. The van der Waals surface area contributed by atoms with E-state index in [2.05, 4.69) is 5.32 Å². The second-order valence-electron chi connectivity index (χ2n) is 5.35. The summed E-state index contributed by atoms with van der Waals surface area (Å²) in [5, 5.41) is 2.79. The van der Waals surface area contributed by atoms with E-state index in [9.17, 15) is 9.18 Å². The quantitative estimate of drug-likeness (QED) is 0.936. The van der Waals surface area contributed by atoms with Gasteiger partial charge in [-0.15, -0.1) is 0 Å². The first-order valence-electron chi connectivity index (χ1n) is 7.67. The van der Waals surface area contributed by atoms with Crippen LogP contribution in [0.2, 0.25) is 0 Å². The molecule has 0 radical (unpaired) electrons. The summed E-state index contributed by atoms with van der Waals surface area (Å²) in [6.07, 6.45) is 0.813. The summed E-state index contributed by atoms with van der Waals surface area (Å²) in [7, 11) is 1.56. The van der Waals surface area contributed by atoms with Gasteiger partial charge in [-0.2, -0.15) is 0 Å². The fraction of sp³-hybridized carbons (Fsp3) is 0.278. The van der Waals surface area contributed by atoms with Crippen LogP contribution in [0.25, 0.3) is 0 Å². The maximum absolute atomic E-state index is 12.9. The van der Waals surface area contributed by atoms with Crippen LogP contribution >= 0.6 is 0 Å². The van der Waals surface area contributed by atoms with Crippen molar-refractivity contribution in [3.8, 4) is 17.2 Å². The minimum atomic E-state index is -0.379. The van der Waals surface area contributed by atoms with Crippen molar-refractivity contribution in [2.24, 2.45) is 0 Å². The average Bonchev–Trinajstić information content (AvgIpc) is 2.84. The molecule has 1 amide bonds. The van der Waals surface area contributed by atoms with Crippen molar-refractivity contribution in [3.63, 3.8) is 0 Å². The molecule has 5 nitrogen and oxygen atoms in total. The van der Waals surface area contributed by atoms with Crippen molar-refractivity contribution in [2.75, 3.05) is 20.3 Å². The molecule has 0 saturated carbocycles. The number of nitrogens with one attached hydrogen (secondary N) is 1. The lowest BCUT2D eigenvalue weighted by Gasteiger charge is -2.14. The van der Waals surface area contributed by atoms with Gasteiger partial charge in [-0.25, -0.2) is 4.39 Å². The maximum Gasteiger partial charge on any atom is 0.251 e. The van der Waals surface area contributed by atoms with Gasteiger partial charge < -0.3 is 19.5 Å². The molecule has 1 aliphatic rings. The minimum Gasteiger partial charge on any atom is -0.496 e. The normalized spacial score (nSPS) is 13.1. The van der Waals surface area contributed by atoms with E-state index in [0.717, 1.165) is 12.0 Å². The molecular formula is C18H18FNO4. The van der Waals surface area contributed by atoms with E-state index >= 15 is 0 Å². The van der Waals surface area contributed by atoms with Crippen molar-refractivity contribution in [3.05, 3.63) is 53.3 Å². The second-order valence-corrected chi connectivity index (χ2v) is 5.35. The molecule has 3 rings (SSSR count). The summed E-state index contributed by atoms with van der Waals surface area (Å²) in [6.45, 7) is 1.44. The number of benzene rings is 2. The third-order valence-corrected chi connectivity index (χ3v) is 3.70. The Morgan fingerprint density at radius 3 is 2.50 bits per heavy atom. The fourth-order valence-electron chi connectivity index (χ4n) is 2.44. The van der Waals surface area contributed by atoms with Gasteiger partial charge in [0.15, 0.2) is 11.5 Å². The number of halogens is 1. The lowest BCUT2D eigenvalue weighted by molar-refractivity contribution is 0.0950. The summed E-state index contributed by atoms with van der Waals surface area (Å²) in [4.78, 5) is 12.1. The number of methoxy groups -OCH3 is 1. The third-order valence-electron chi connectivity index (χ3n) is 3.70. The topological polar surface area (TPSA) is 56.8 Å². The van der Waals surface area contributed by atoms with Gasteiger partial charge in [0.25, 0.3) is 5.91 Å². The number of fused-ring (bicyclic) bond motifs is 1. The molecule has 0 bridgehead atoms. The summed E-state index contributed by atoms with van der Waals surface area (Å²) in [5.74, 6) is 1.22. The van der Waals surface area contributed by atoms with Crippen LogP contribution in [0.1, 0.15) is 22.3 Å². The molecule has 2 aromatic rings. The molecule has 0 spiro atoms. The molecule has 1 N–H and O–H groups in total. The Morgan fingerprint density at radius 1 is 1.17 bits per heavy atom. The van der Waals surface area contributed by atoms with Crippen LogP contribution in [-0.2, 0) is 6.54 Å². The van der Waals surface area contributed by atoms with Gasteiger partial charge in [-0.05, 0) is 30.3 Å². The lowest BCUT2D eigenvalue weighted by Crippen LogP contribution is -2.23. The monoisotopic (exact) mass is 331 g/mol. The summed E-state index contributed by atoms with van der Waals surface area (Å²) in [6, 6.07) is 8.96. The molecule has 1 aliphatic heterocycles. The Hall–Kier alpha value is -2.76. The van der Waals surface area contributed by atoms with E-state index in [0.29, 0.717) is 36.0 Å². The van der Waals surface area contributed by atoms with Crippen molar-refractivity contribution in [2.45, 2.75) is 13.0 Å². The third kappa shape index (κ3) is 3.59. The molecule has 0 fully saturated rings. The van der Waals surface area contributed by atoms with E-state index in [1.165, 1.54) is 24.3 Å². The van der Waals surface area contributed by atoms with E-state index in [-0.39, 0.29) is 18.3 Å². The minimum absolute atomic E-state index is 0.260. The van der Waals surface area contributed by atoms with Crippen LogP contribution < -0.4 is 19.5 Å². The van der Waals surface area contributed by atoms with Gasteiger partial charge in [0.2, 0.25) is 0 Å². The first kappa shape index (κ1) is 16.1. The van der Waals surface area contributed by atoms with Crippen molar-refractivity contribution in [1.29, 1.82) is 0 Å². The van der Waals surface area contributed by atoms with Crippen molar-refractivity contribution >= 4 is 5.91 Å². The largest absolute Gasteiger partial charge is 0.496 e. The van der Waals surface area contributed by atoms with Gasteiger partial charge in [0.1, 0.15) is 11.6 Å². The Labute approximate surface area is 139 Å². The molecule has 0 atom stereocenters. The zero-order valence-corrected chi connectivity index (χ0v) is 13.3. The lowest BCUT2D eigenvalue weighted by atomic mass is 10.1. The summed E-state index contributed by atoms with van der Waals surface area (Å²) >= 11 is 0. The highest BCUT2D eigenvalue weighted by Crippen LogP contribution is 2.36. The van der Waals surface area contributed by atoms with Gasteiger partial charge >= 0.3 is 0 Å². The van der Waals surface area contributed by atoms with Crippen LogP contribution in [0, 0.1) is 5.82 Å². The first-order valence-corrected chi connectivity index (χ1v) is 7.67. The second kappa shape index (κ2) is 7.21. The van der Waals surface area contributed by atoms with Crippen LogP contribution in [-0.4, -0.2) is 26.2 Å². The van der Waals surface area contributed by atoms with Gasteiger partial charge in [-0.1, -0.05) is 0 Å². The Bertz CT molecular complexity index is 731. The fourth-order valence-corrected chi connectivity index (χ4v) is 2.44. The number of carbonyl (C=O) groups excluding carboxylic acids is 1. The predicted octanol–water partition coefficient (Wildman–Crippen LogP) is 2.93. The molecule has 6 heteroatoms. The number of ether oxygens (including phenoxy) is 3. The molecule has 126 valence electrons. The highest BCUT2D eigenvalue weighted by atomic mass is 19.1. The zero-order valence-electron chi connectivity index (χ0n) is 13.3. The van der Waals surface area contributed by atoms with Crippen LogP contribution in [0.3, 0.4) is 0 Å². The average molecular weight is 331 g/mol. The van der Waals surface area contributed by atoms with Crippen LogP contribution in [0.15, 0.2) is 36.4 Å². The standard InChI is InChI=1S/C18H18FNO4/c1-22-15-10-17-16(23-7-2-8-24-17)9-13(15)11-20-18(21)12-3-5-14(19)6-4-12/h3-6,9-10H,2,7-8,11H2,1H3,(H,20,21). The van der Waals surface area contributed by atoms with E-state index in [1.54, 1.807) is 13.2 Å². The van der Waals surface area contributed by atoms with E-state index in [1.807, 2.05) is 6.07 Å². The number of hydrogen-bond donors (Lipinski definition) is 1. The molecule has 0 aliphatic carbocycles. The van der Waals surface area contributed by atoms with Crippen LogP contribution in [0.5, 0.6) is 17.2 Å². The Balaban J connectivity index is 1.75. The molecular weight excluding hydrogens is 313 g/mol. The van der Waals surface area contributed by atoms with Crippen molar-refractivity contribution in [1.82, 2.24) is 5.32 Å². The maximum atomic E-state index is 12.9. The number of rotatable bonds is 4. The molecule has 0 saturated heterocycles. The molecule has 0 aromatic heterocycles. The summed E-state index contributed by atoms with van der Waals surface area (Å²) < 4.78 is 29.6. The van der Waals surface area contributed by atoms with E-state index in [4.69, 9.17) is 14.2 Å². The van der Waals surface area contributed by atoms with Crippen molar-refractivity contribution < 1.29 is 23.4 Å². The Morgan fingerprint density at radius 2 is 1.83 bits per heavy atom. The number of carbonyl (C=O) groups is 1. The molecule has 24 heavy (non-hydrogen) atoms. The van der Waals surface area contributed by atoms with Crippen LogP contribution in [0.4, 0.5) is 4.39 Å². The van der Waals surface area contributed by atoms with Gasteiger partial charge in [0.05, 0.1) is 20.3 Å².